The molecule has 1 aromatic carbocycles. The van der Waals surface area contributed by atoms with Gasteiger partial charge in [-0.1, -0.05) is 0 Å². The first-order valence-electron chi connectivity index (χ1n) is 5.54. The molecule has 0 amide bonds. The third kappa shape index (κ3) is 2.47. The summed E-state index contributed by atoms with van der Waals surface area (Å²) in [4.78, 5) is 0. The molecule has 4 heteroatoms. The quantitative estimate of drug-likeness (QED) is 0.875. The molecule has 0 aliphatic carbocycles. The van der Waals surface area contributed by atoms with E-state index in [1.807, 2.05) is 41.9 Å². The molecule has 0 saturated heterocycles. The molecule has 1 aromatic heterocycles. The largest absolute Gasteiger partial charge is 0.497 e. The van der Waals surface area contributed by atoms with E-state index < -0.39 is 0 Å². The van der Waals surface area contributed by atoms with Gasteiger partial charge in [0, 0.05) is 5.56 Å². The zero-order valence-corrected chi connectivity index (χ0v) is 10.1. The van der Waals surface area contributed by atoms with Crippen LogP contribution in [-0.2, 0) is 6.54 Å². The van der Waals surface area contributed by atoms with E-state index in [4.69, 9.17) is 9.84 Å². The number of hydrogen-bond acceptors (Lipinski definition) is 3. The lowest BCUT2D eigenvalue weighted by molar-refractivity contribution is 0.270. The van der Waals surface area contributed by atoms with Crippen LogP contribution in [-0.4, -0.2) is 28.6 Å². The van der Waals surface area contributed by atoms with Gasteiger partial charge in [-0.3, -0.25) is 4.68 Å². The van der Waals surface area contributed by atoms with E-state index in [-0.39, 0.29) is 6.61 Å². The number of aliphatic hydroxyl groups excluding tert-OH is 1. The molecule has 0 saturated carbocycles. The Morgan fingerprint density at radius 1 is 1.29 bits per heavy atom. The van der Waals surface area contributed by atoms with E-state index in [9.17, 15) is 0 Å². The summed E-state index contributed by atoms with van der Waals surface area (Å²) in [5.41, 5.74) is 3.03. The van der Waals surface area contributed by atoms with E-state index >= 15 is 0 Å². The summed E-state index contributed by atoms with van der Waals surface area (Å²) in [5, 5.41) is 13.3. The van der Waals surface area contributed by atoms with E-state index in [0.717, 1.165) is 22.7 Å². The van der Waals surface area contributed by atoms with Gasteiger partial charge in [-0.05, 0) is 37.3 Å². The Morgan fingerprint density at radius 3 is 2.59 bits per heavy atom. The van der Waals surface area contributed by atoms with Gasteiger partial charge in [0.25, 0.3) is 0 Å². The Morgan fingerprint density at radius 2 is 2.00 bits per heavy atom. The molecule has 4 nitrogen and oxygen atoms in total. The second kappa shape index (κ2) is 5.01. The van der Waals surface area contributed by atoms with Gasteiger partial charge in [-0.2, -0.15) is 5.10 Å². The monoisotopic (exact) mass is 232 g/mol. The van der Waals surface area contributed by atoms with E-state index in [1.165, 1.54) is 0 Å². The van der Waals surface area contributed by atoms with Crippen LogP contribution in [0.15, 0.2) is 30.3 Å². The Kier molecular flexibility index (Phi) is 3.44. The van der Waals surface area contributed by atoms with Gasteiger partial charge < -0.3 is 9.84 Å². The Hall–Kier alpha value is -1.81. The summed E-state index contributed by atoms with van der Waals surface area (Å²) in [5.74, 6) is 0.832. The number of aromatic nitrogens is 2. The normalized spacial score (nSPS) is 10.5. The highest BCUT2D eigenvalue weighted by atomic mass is 16.5. The molecule has 90 valence electrons. The molecule has 0 spiro atoms. The van der Waals surface area contributed by atoms with Crippen molar-refractivity contribution in [2.45, 2.75) is 13.5 Å². The van der Waals surface area contributed by atoms with Gasteiger partial charge in [0.2, 0.25) is 0 Å². The van der Waals surface area contributed by atoms with Gasteiger partial charge in [-0.15, -0.1) is 0 Å². The van der Waals surface area contributed by atoms with Crippen molar-refractivity contribution in [2.24, 2.45) is 0 Å². The second-order valence-electron chi connectivity index (χ2n) is 3.85. The predicted octanol–water partition coefficient (Wildman–Crippen LogP) is 1.86. The van der Waals surface area contributed by atoms with Crippen molar-refractivity contribution < 1.29 is 9.84 Å². The fraction of sp³-hybridized carbons (Fsp3) is 0.308. The van der Waals surface area contributed by atoms with E-state index in [1.54, 1.807) is 7.11 Å². The van der Waals surface area contributed by atoms with Crippen LogP contribution < -0.4 is 4.74 Å². The molecule has 1 N–H and O–H groups in total. The van der Waals surface area contributed by atoms with Crippen LogP contribution in [0.1, 0.15) is 5.69 Å². The fourth-order valence-electron chi connectivity index (χ4n) is 1.80. The summed E-state index contributed by atoms with van der Waals surface area (Å²) >= 11 is 0. The van der Waals surface area contributed by atoms with Crippen molar-refractivity contribution >= 4 is 0 Å². The molecule has 0 atom stereocenters. The summed E-state index contributed by atoms with van der Waals surface area (Å²) in [6, 6.07) is 9.83. The van der Waals surface area contributed by atoms with Crippen LogP contribution in [0.3, 0.4) is 0 Å². The average molecular weight is 232 g/mol. The zero-order chi connectivity index (χ0) is 12.3. The molecule has 2 aromatic rings. The van der Waals surface area contributed by atoms with Crippen molar-refractivity contribution in [3.8, 4) is 17.0 Å². The minimum atomic E-state index is 0.0876. The topological polar surface area (TPSA) is 47.3 Å². The van der Waals surface area contributed by atoms with E-state index in [0.29, 0.717) is 6.54 Å². The van der Waals surface area contributed by atoms with Gasteiger partial charge in [0.1, 0.15) is 5.75 Å². The summed E-state index contributed by atoms with van der Waals surface area (Å²) in [6.07, 6.45) is 0. The number of hydrogen-bond donors (Lipinski definition) is 1. The highest BCUT2D eigenvalue weighted by Gasteiger charge is 2.07. The third-order valence-electron chi connectivity index (χ3n) is 2.60. The molecule has 0 fully saturated rings. The first-order valence-corrected chi connectivity index (χ1v) is 5.54. The number of nitrogens with zero attached hydrogens (tertiary/aromatic N) is 2. The van der Waals surface area contributed by atoms with Crippen molar-refractivity contribution in [3.05, 3.63) is 36.0 Å². The number of rotatable bonds is 4. The molecule has 2 rings (SSSR count). The van der Waals surface area contributed by atoms with Gasteiger partial charge in [-0.25, -0.2) is 0 Å². The maximum absolute atomic E-state index is 9.00. The molecule has 1 heterocycles. The van der Waals surface area contributed by atoms with Gasteiger partial charge in [0.15, 0.2) is 0 Å². The van der Waals surface area contributed by atoms with Crippen molar-refractivity contribution in [1.82, 2.24) is 9.78 Å². The summed E-state index contributed by atoms with van der Waals surface area (Å²) < 4.78 is 6.94. The van der Waals surface area contributed by atoms with Crippen LogP contribution in [0.25, 0.3) is 11.3 Å². The first-order chi connectivity index (χ1) is 8.24. The second-order valence-corrected chi connectivity index (χ2v) is 3.85. The third-order valence-corrected chi connectivity index (χ3v) is 2.60. The minimum absolute atomic E-state index is 0.0876. The maximum atomic E-state index is 9.00. The zero-order valence-electron chi connectivity index (χ0n) is 10.1. The Balaban J connectivity index is 2.37. The van der Waals surface area contributed by atoms with Crippen molar-refractivity contribution in [3.63, 3.8) is 0 Å². The molecular formula is C13H16N2O2. The van der Waals surface area contributed by atoms with Crippen LogP contribution in [0.5, 0.6) is 5.75 Å². The van der Waals surface area contributed by atoms with Crippen LogP contribution >= 0.6 is 0 Å². The highest BCUT2D eigenvalue weighted by Crippen LogP contribution is 2.23. The minimum Gasteiger partial charge on any atom is -0.497 e. The Bertz CT molecular complexity index is 489. The number of methoxy groups -OCH3 is 1. The molecule has 17 heavy (non-hydrogen) atoms. The fourth-order valence-corrected chi connectivity index (χ4v) is 1.80. The van der Waals surface area contributed by atoms with E-state index in [2.05, 4.69) is 5.10 Å². The smallest absolute Gasteiger partial charge is 0.118 e. The lowest BCUT2D eigenvalue weighted by Gasteiger charge is -2.06. The number of ether oxygens (including phenoxy) is 1. The number of aryl methyl sites for hydroxylation is 1. The Labute approximate surface area is 100 Å². The molecule has 0 aliphatic rings. The van der Waals surface area contributed by atoms with Gasteiger partial charge in [0.05, 0.1) is 31.6 Å². The molecule has 0 radical (unpaired) electrons. The molecule has 0 unspecified atom stereocenters. The van der Waals surface area contributed by atoms with Gasteiger partial charge >= 0.3 is 0 Å². The predicted molar refractivity (Wildman–Crippen MR) is 66.0 cm³/mol. The van der Waals surface area contributed by atoms with Crippen molar-refractivity contribution in [1.29, 1.82) is 0 Å². The molecule has 0 bridgehead atoms. The lowest BCUT2D eigenvalue weighted by Crippen LogP contribution is -2.05. The molecule has 0 aliphatic heterocycles. The van der Waals surface area contributed by atoms with Crippen LogP contribution in [0.4, 0.5) is 0 Å². The molecular weight excluding hydrogens is 216 g/mol. The maximum Gasteiger partial charge on any atom is 0.118 e. The van der Waals surface area contributed by atoms with Crippen molar-refractivity contribution in [2.75, 3.05) is 13.7 Å². The average Bonchev–Trinajstić information content (AvgIpc) is 2.71. The lowest BCUT2D eigenvalue weighted by atomic mass is 10.1. The standard InChI is InChI=1S/C13H16N2O2/c1-10-9-13(15(14-10)7-8-16)11-3-5-12(17-2)6-4-11/h3-6,9,16H,7-8H2,1-2H3. The van der Waals surface area contributed by atoms with Crippen LogP contribution in [0.2, 0.25) is 0 Å². The highest BCUT2D eigenvalue weighted by molar-refractivity contribution is 5.61. The number of aliphatic hydroxyl groups is 1. The number of benzene rings is 1. The van der Waals surface area contributed by atoms with Crippen LogP contribution in [0, 0.1) is 6.92 Å². The SMILES string of the molecule is COc1ccc(-c2cc(C)nn2CCO)cc1. The first kappa shape index (κ1) is 11.7. The summed E-state index contributed by atoms with van der Waals surface area (Å²) in [6.45, 7) is 2.54. The summed E-state index contributed by atoms with van der Waals surface area (Å²) in [7, 11) is 1.65.